The lowest BCUT2D eigenvalue weighted by atomic mass is 10.0. The molecule has 3 N–H and O–H groups in total. The third-order valence-corrected chi connectivity index (χ3v) is 5.17. The number of anilines is 1. The molecule has 3 unspecified atom stereocenters. The first kappa shape index (κ1) is 19.0. The second kappa shape index (κ2) is 8.19. The monoisotopic (exact) mass is 371 g/mol. The number of amides is 2. The highest BCUT2D eigenvalue weighted by Gasteiger charge is 2.39. The zero-order valence-corrected chi connectivity index (χ0v) is 15.0. The highest BCUT2D eigenvalue weighted by molar-refractivity contribution is 6.31. The maximum Gasteiger partial charge on any atom is 0.239 e. The van der Waals surface area contributed by atoms with Crippen molar-refractivity contribution in [2.24, 2.45) is 17.6 Å². The van der Waals surface area contributed by atoms with Crippen LogP contribution in [0.25, 0.3) is 0 Å². The highest BCUT2D eigenvalue weighted by Crippen LogP contribution is 2.29. The molecule has 2 amide bonds. The van der Waals surface area contributed by atoms with E-state index >= 15 is 0 Å². The van der Waals surface area contributed by atoms with Crippen molar-refractivity contribution < 1.29 is 9.59 Å². The van der Waals surface area contributed by atoms with Crippen LogP contribution in [0.2, 0.25) is 5.02 Å². The van der Waals surface area contributed by atoms with E-state index < -0.39 is 5.92 Å². The summed E-state index contributed by atoms with van der Waals surface area (Å²) in [5, 5.41) is 3.63. The van der Waals surface area contributed by atoms with Crippen LogP contribution in [0.5, 0.6) is 0 Å². The van der Waals surface area contributed by atoms with Crippen molar-refractivity contribution in [2.75, 3.05) is 18.0 Å². The van der Waals surface area contributed by atoms with E-state index in [1.54, 1.807) is 17.0 Å². The lowest BCUT2D eigenvalue weighted by Gasteiger charge is -2.21. The smallest absolute Gasteiger partial charge is 0.239 e. The van der Waals surface area contributed by atoms with Gasteiger partial charge in [-0.25, -0.2) is 0 Å². The van der Waals surface area contributed by atoms with Crippen molar-refractivity contribution in [2.45, 2.75) is 31.7 Å². The molecule has 0 aromatic heterocycles. The molecule has 3 rings (SSSR count). The maximum atomic E-state index is 12.6. The molecule has 0 bridgehead atoms. The Balaban J connectivity index is 0.00000208. The Morgan fingerprint density at radius 3 is 2.83 bits per heavy atom. The minimum Gasteiger partial charge on any atom is -0.352 e. The van der Waals surface area contributed by atoms with Crippen LogP contribution >= 0.6 is 24.0 Å². The summed E-state index contributed by atoms with van der Waals surface area (Å²) < 4.78 is 0. The first-order chi connectivity index (χ1) is 11.1. The summed E-state index contributed by atoms with van der Waals surface area (Å²) in [5.41, 5.74) is 6.50. The van der Waals surface area contributed by atoms with Gasteiger partial charge in [0.1, 0.15) is 5.92 Å². The van der Waals surface area contributed by atoms with Crippen LogP contribution in [-0.2, 0) is 9.59 Å². The number of carbonyl (C=O) groups is 2. The first-order valence-corrected chi connectivity index (χ1v) is 8.55. The second-order valence-corrected chi connectivity index (χ2v) is 6.79. The summed E-state index contributed by atoms with van der Waals surface area (Å²) >= 11 is 5.99. The highest BCUT2D eigenvalue weighted by atomic mass is 35.5. The average Bonchev–Trinajstić information content (AvgIpc) is 3.13. The largest absolute Gasteiger partial charge is 0.352 e. The minimum atomic E-state index is -0.604. The van der Waals surface area contributed by atoms with Gasteiger partial charge in [0.05, 0.1) is 0 Å². The zero-order chi connectivity index (χ0) is 16.4. The summed E-state index contributed by atoms with van der Waals surface area (Å²) in [6, 6.07) is 7.28. The SMILES string of the molecule is Cl.NCC1CCCC1NC(=O)C1CCN(c2cccc(Cl)c2)C1=O. The Morgan fingerprint density at radius 2 is 2.12 bits per heavy atom. The van der Waals surface area contributed by atoms with Gasteiger partial charge < -0.3 is 16.0 Å². The van der Waals surface area contributed by atoms with Crippen molar-refractivity contribution in [1.82, 2.24) is 5.32 Å². The average molecular weight is 372 g/mol. The number of halogens is 2. The van der Waals surface area contributed by atoms with Gasteiger partial charge in [-0.1, -0.05) is 24.1 Å². The fourth-order valence-corrected chi connectivity index (χ4v) is 3.80. The van der Waals surface area contributed by atoms with Gasteiger partial charge in [0.15, 0.2) is 0 Å². The molecule has 5 nitrogen and oxygen atoms in total. The molecule has 1 aromatic rings. The van der Waals surface area contributed by atoms with Gasteiger partial charge in [-0.15, -0.1) is 12.4 Å². The van der Waals surface area contributed by atoms with E-state index in [9.17, 15) is 9.59 Å². The van der Waals surface area contributed by atoms with E-state index in [0.717, 1.165) is 24.9 Å². The molecule has 7 heteroatoms. The lowest BCUT2D eigenvalue weighted by molar-refractivity contribution is -0.132. The van der Waals surface area contributed by atoms with Crippen molar-refractivity contribution in [1.29, 1.82) is 0 Å². The van der Waals surface area contributed by atoms with Gasteiger partial charge in [0.25, 0.3) is 0 Å². The summed E-state index contributed by atoms with van der Waals surface area (Å²) in [6.07, 6.45) is 3.62. The Kier molecular flexibility index (Phi) is 6.49. The molecule has 1 aromatic carbocycles. The third kappa shape index (κ3) is 3.85. The minimum absolute atomic E-state index is 0. The Labute approximate surface area is 153 Å². The molecule has 0 radical (unpaired) electrons. The topological polar surface area (TPSA) is 75.4 Å². The number of hydrogen-bond donors (Lipinski definition) is 2. The van der Waals surface area contributed by atoms with Crippen LogP contribution in [0.15, 0.2) is 24.3 Å². The maximum absolute atomic E-state index is 12.6. The van der Waals surface area contributed by atoms with Gasteiger partial charge in [0.2, 0.25) is 11.8 Å². The molecule has 132 valence electrons. The van der Waals surface area contributed by atoms with Gasteiger partial charge in [-0.05, 0) is 49.9 Å². The van der Waals surface area contributed by atoms with Crippen molar-refractivity contribution in [3.05, 3.63) is 29.3 Å². The molecule has 24 heavy (non-hydrogen) atoms. The lowest BCUT2D eigenvalue weighted by Crippen LogP contribution is -2.44. The van der Waals surface area contributed by atoms with Gasteiger partial charge in [-0.3, -0.25) is 9.59 Å². The molecule has 1 heterocycles. The predicted molar refractivity (Wildman–Crippen MR) is 97.5 cm³/mol. The normalized spacial score (nSPS) is 26.3. The van der Waals surface area contributed by atoms with E-state index in [1.807, 2.05) is 12.1 Å². The van der Waals surface area contributed by atoms with Gasteiger partial charge in [-0.2, -0.15) is 0 Å². The molecule has 0 spiro atoms. The molecular weight excluding hydrogens is 349 g/mol. The fraction of sp³-hybridized carbons (Fsp3) is 0.529. The van der Waals surface area contributed by atoms with Crippen molar-refractivity contribution >= 4 is 41.5 Å². The van der Waals surface area contributed by atoms with Gasteiger partial charge in [0, 0.05) is 23.3 Å². The quantitative estimate of drug-likeness (QED) is 0.797. The molecule has 1 saturated heterocycles. The summed E-state index contributed by atoms with van der Waals surface area (Å²) in [6.45, 7) is 1.13. The van der Waals surface area contributed by atoms with Crippen LogP contribution in [0, 0.1) is 11.8 Å². The molecule has 2 fully saturated rings. The number of carbonyl (C=O) groups excluding carboxylic acids is 2. The Morgan fingerprint density at radius 1 is 1.33 bits per heavy atom. The molecule has 1 aliphatic heterocycles. The summed E-state index contributed by atoms with van der Waals surface area (Å²) in [7, 11) is 0. The van der Waals surface area contributed by atoms with E-state index in [4.69, 9.17) is 17.3 Å². The summed E-state index contributed by atoms with van der Waals surface area (Å²) in [4.78, 5) is 26.7. The van der Waals surface area contributed by atoms with Crippen molar-refractivity contribution in [3.63, 3.8) is 0 Å². The molecular formula is C17H23Cl2N3O2. The number of hydrogen-bond acceptors (Lipinski definition) is 3. The first-order valence-electron chi connectivity index (χ1n) is 8.17. The van der Waals surface area contributed by atoms with Crippen LogP contribution in [-0.4, -0.2) is 30.9 Å². The van der Waals surface area contributed by atoms with E-state index in [-0.39, 0.29) is 30.3 Å². The fourth-order valence-electron chi connectivity index (χ4n) is 3.62. The standard InChI is InChI=1S/C17H22ClN3O2.ClH/c18-12-4-2-5-13(9-12)21-8-7-14(17(21)23)16(22)20-15-6-1-3-11(15)10-19;/h2,4-5,9,11,14-15H,1,3,6-8,10,19H2,(H,20,22);1H. The van der Waals surface area contributed by atoms with E-state index in [0.29, 0.717) is 30.5 Å². The number of nitrogens with one attached hydrogen (secondary N) is 1. The number of nitrogens with zero attached hydrogens (tertiary/aromatic N) is 1. The van der Waals surface area contributed by atoms with Crippen LogP contribution in [0.4, 0.5) is 5.69 Å². The number of rotatable bonds is 4. The van der Waals surface area contributed by atoms with Crippen LogP contribution in [0.1, 0.15) is 25.7 Å². The number of nitrogens with two attached hydrogens (primary N) is 1. The molecule has 1 aliphatic carbocycles. The summed E-state index contributed by atoms with van der Waals surface area (Å²) in [5.74, 6) is -0.579. The van der Waals surface area contributed by atoms with Gasteiger partial charge >= 0.3 is 0 Å². The number of benzene rings is 1. The Hall–Kier alpha value is -1.30. The second-order valence-electron chi connectivity index (χ2n) is 6.35. The van der Waals surface area contributed by atoms with Crippen molar-refractivity contribution in [3.8, 4) is 0 Å². The third-order valence-electron chi connectivity index (χ3n) is 4.93. The van der Waals surface area contributed by atoms with Crippen LogP contribution < -0.4 is 16.0 Å². The molecule has 2 aliphatic rings. The van der Waals surface area contributed by atoms with Crippen LogP contribution in [0.3, 0.4) is 0 Å². The van der Waals surface area contributed by atoms with E-state index in [1.165, 1.54) is 0 Å². The molecule has 3 atom stereocenters. The zero-order valence-electron chi connectivity index (χ0n) is 13.4. The Bertz CT molecular complexity index is 611. The molecule has 1 saturated carbocycles. The predicted octanol–water partition coefficient (Wildman–Crippen LogP) is 2.36. The van der Waals surface area contributed by atoms with E-state index in [2.05, 4.69) is 5.32 Å².